The molecule has 1 aromatic carbocycles. The number of thiophene rings is 1. The van der Waals surface area contributed by atoms with E-state index in [9.17, 15) is 4.79 Å². The van der Waals surface area contributed by atoms with Crippen molar-refractivity contribution in [2.45, 2.75) is 0 Å². The van der Waals surface area contributed by atoms with Gasteiger partial charge in [-0.2, -0.15) is 10.5 Å². The largest absolute Gasteiger partial charge is 0.486 e. The molecule has 3 rings (SSSR count). The maximum atomic E-state index is 12.4. The molecule has 0 radical (unpaired) electrons. The summed E-state index contributed by atoms with van der Waals surface area (Å²) in [4.78, 5) is 15.0. The van der Waals surface area contributed by atoms with Gasteiger partial charge >= 0.3 is 0 Å². The van der Waals surface area contributed by atoms with E-state index in [0.717, 1.165) is 10.4 Å². The summed E-state index contributed by atoms with van der Waals surface area (Å²) in [5.74, 6) is 1.09. The number of fused-ring (bicyclic) bond motifs is 1. The fourth-order valence-electron chi connectivity index (χ4n) is 2.33. The molecule has 0 atom stereocenters. The number of nitrogens with zero attached hydrogens (tertiary/aromatic N) is 3. The first kappa shape index (κ1) is 15.9. The summed E-state index contributed by atoms with van der Waals surface area (Å²) in [6.45, 7) is 0.840. The second-order valence-corrected chi connectivity index (χ2v) is 6.08. The summed E-state index contributed by atoms with van der Waals surface area (Å²) >= 11 is 1.32. The van der Waals surface area contributed by atoms with E-state index in [4.69, 9.17) is 20.0 Å². The Labute approximate surface area is 143 Å². The first-order chi connectivity index (χ1) is 11.7. The summed E-state index contributed by atoms with van der Waals surface area (Å²) in [5, 5.41) is 17.6. The summed E-state index contributed by atoms with van der Waals surface area (Å²) < 4.78 is 11.1. The number of carbonyl (C=O) groups excluding carboxylic acids is 1. The van der Waals surface area contributed by atoms with Gasteiger partial charge in [0.05, 0.1) is 17.0 Å². The second-order valence-electron chi connectivity index (χ2n) is 5.00. The molecule has 0 aliphatic carbocycles. The molecule has 1 aromatic heterocycles. The minimum Gasteiger partial charge on any atom is -0.486 e. The van der Waals surface area contributed by atoms with Gasteiger partial charge in [-0.05, 0) is 35.9 Å². The highest BCUT2D eigenvalue weighted by molar-refractivity contribution is 7.17. The van der Waals surface area contributed by atoms with Crippen molar-refractivity contribution >= 4 is 17.2 Å². The van der Waals surface area contributed by atoms with Crippen LogP contribution in [0.3, 0.4) is 0 Å². The number of carbonyl (C=O) groups is 1. The summed E-state index contributed by atoms with van der Waals surface area (Å²) in [6, 6.07) is 13.0. The van der Waals surface area contributed by atoms with Crippen molar-refractivity contribution < 1.29 is 14.3 Å². The minimum atomic E-state index is -0.313. The Kier molecular flexibility index (Phi) is 4.64. The summed E-state index contributed by atoms with van der Waals surface area (Å²) in [6.07, 6.45) is 0. The maximum Gasteiger partial charge on any atom is 0.265 e. The number of benzene rings is 1. The SMILES string of the molecule is N#CCN(CC#N)C(=O)c1ccc(-c2ccc3c(c2)OCCO3)s1. The molecule has 1 aliphatic heterocycles. The number of nitriles is 2. The Bertz CT molecular complexity index is 831. The molecular formula is C17H13N3O3S. The van der Waals surface area contributed by atoms with E-state index in [1.807, 2.05) is 36.4 Å². The van der Waals surface area contributed by atoms with Gasteiger partial charge in [0, 0.05) is 4.88 Å². The van der Waals surface area contributed by atoms with Crippen LogP contribution in [0.25, 0.3) is 10.4 Å². The Morgan fingerprint density at radius 1 is 1.08 bits per heavy atom. The monoisotopic (exact) mass is 339 g/mol. The molecule has 0 spiro atoms. The van der Waals surface area contributed by atoms with Crippen molar-refractivity contribution in [1.29, 1.82) is 10.5 Å². The van der Waals surface area contributed by atoms with Crippen LogP contribution in [0.5, 0.6) is 11.5 Å². The summed E-state index contributed by atoms with van der Waals surface area (Å²) in [7, 11) is 0. The van der Waals surface area contributed by atoms with Gasteiger partial charge in [0.1, 0.15) is 26.3 Å². The quantitative estimate of drug-likeness (QED) is 0.799. The number of hydrogen-bond acceptors (Lipinski definition) is 6. The molecule has 1 aliphatic rings. The zero-order valence-corrected chi connectivity index (χ0v) is 13.5. The molecule has 0 N–H and O–H groups in total. The first-order valence-electron chi connectivity index (χ1n) is 7.26. The fourth-order valence-corrected chi connectivity index (χ4v) is 3.30. The van der Waals surface area contributed by atoms with Crippen LogP contribution < -0.4 is 9.47 Å². The van der Waals surface area contributed by atoms with Gasteiger partial charge in [-0.25, -0.2) is 0 Å². The van der Waals surface area contributed by atoms with Gasteiger partial charge in [0.25, 0.3) is 5.91 Å². The Balaban J connectivity index is 1.84. The molecule has 0 saturated heterocycles. The molecule has 0 unspecified atom stereocenters. The van der Waals surface area contributed by atoms with E-state index < -0.39 is 0 Å². The standard InChI is InChI=1S/C17H13N3O3S/c18-5-7-20(8-6-19)17(21)16-4-3-15(24-16)12-1-2-13-14(11-12)23-10-9-22-13/h1-4,11H,7-10H2. The molecule has 1 amide bonds. The Morgan fingerprint density at radius 3 is 2.50 bits per heavy atom. The van der Waals surface area contributed by atoms with Crippen LogP contribution in [0.1, 0.15) is 9.67 Å². The van der Waals surface area contributed by atoms with Gasteiger partial charge in [-0.1, -0.05) is 0 Å². The van der Waals surface area contributed by atoms with Crippen LogP contribution in [0.4, 0.5) is 0 Å². The van der Waals surface area contributed by atoms with E-state index in [-0.39, 0.29) is 19.0 Å². The average molecular weight is 339 g/mol. The normalized spacial score (nSPS) is 12.1. The zero-order chi connectivity index (χ0) is 16.9. The topological polar surface area (TPSA) is 86.4 Å². The van der Waals surface area contributed by atoms with Crippen LogP contribution in [-0.4, -0.2) is 37.1 Å². The summed E-state index contributed by atoms with van der Waals surface area (Å²) in [5.41, 5.74) is 0.926. The minimum absolute atomic E-state index is 0.107. The third kappa shape index (κ3) is 3.17. The highest BCUT2D eigenvalue weighted by Gasteiger charge is 2.19. The zero-order valence-electron chi connectivity index (χ0n) is 12.7. The van der Waals surface area contributed by atoms with Gasteiger partial charge in [-0.15, -0.1) is 11.3 Å². The third-order valence-electron chi connectivity index (χ3n) is 3.45. The van der Waals surface area contributed by atoms with Gasteiger partial charge in [-0.3, -0.25) is 4.79 Å². The Morgan fingerprint density at radius 2 is 1.79 bits per heavy atom. The van der Waals surface area contributed by atoms with Crippen molar-refractivity contribution in [3.8, 4) is 34.1 Å². The molecule has 0 saturated carbocycles. The van der Waals surface area contributed by atoms with E-state index in [1.165, 1.54) is 16.2 Å². The van der Waals surface area contributed by atoms with Crippen molar-refractivity contribution in [2.75, 3.05) is 26.3 Å². The van der Waals surface area contributed by atoms with Crippen molar-refractivity contribution in [3.63, 3.8) is 0 Å². The second kappa shape index (κ2) is 7.03. The molecule has 120 valence electrons. The maximum absolute atomic E-state index is 12.4. The highest BCUT2D eigenvalue weighted by Crippen LogP contribution is 2.37. The van der Waals surface area contributed by atoms with Gasteiger partial charge < -0.3 is 14.4 Å². The predicted molar refractivity (Wildman–Crippen MR) is 87.9 cm³/mol. The van der Waals surface area contributed by atoms with E-state index in [0.29, 0.717) is 29.6 Å². The lowest BCUT2D eigenvalue weighted by Crippen LogP contribution is -2.31. The lowest BCUT2D eigenvalue weighted by Gasteiger charge is -2.18. The molecule has 24 heavy (non-hydrogen) atoms. The van der Waals surface area contributed by atoms with E-state index in [2.05, 4.69) is 0 Å². The van der Waals surface area contributed by atoms with Gasteiger partial charge in [0.2, 0.25) is 0 Å². The molecule has 0 bridgehead atoms. The Hall–Kier alpha value is -3.03. The van der Waals surface area contributed by atoms with Crippen LogP contribution in [0.2, 0.25) is 0 Å². The first-order valence-corrected chi connectivity index (χ1v) is 8.07. The lowest BCUT2D eigenvalue weighted by atomic mass is 10.1. The van der Waals surface area contributed by atoms with Crippen molar-refractivity contribution in [1.82, 2.24) is 4.90 Å². The number of rotatable bonds is 4. The van der Waals surface area contributed by atoms with Crippen LogP contribution >= 0.6 is 11.3 Å². The molecule has 0 fully saturated rings. The molecule has 2 heterocycles. The predicted octanol–water partition coefficient (Wildman–Crippen LogP) is 2.68. The molecule has 2 aromatic rings. The van der Waals surface area contributed by atoms with Crippen molar-refractivity contribution in [3.05, 3.63) is 35.2 Å². The fraction of sp³-hybridized carbons (Fsp3) is 0.235. The van der Waals surface area contributed by atoms with Crippen LogP contribution in [0, 0.1) is 22.7 Å². The molecular weight excluding hydrogens is 326 g/mol. The lowest BCUT2D eigenvalue weighted by molar-refractivity contribution is 0.0799. The van der Waals surface area contributed by atoms with E-state index in [1.54, 1.807) is 6.07 Å². The number of ether oxygens (including phenoxy) is 2. The molecule has 7 heteroatoms. The van der Waals surface area contributed by atoms with E-state index >= 15 is 0 Å². The smallest absolute Gasteiger partial charge is 0.265 e. The number of hydrogen-bond donors (Lipinski definition) is 0. The van der Waals surface area contributed by atoms with Gasteiger partial charge in [0.15, 0.2) is 11.5 Å². The third-order valence-corrected chi connectivity index (χ3v) is 4.58. The molecule has 6 nitrogen and oxygen atoms in total. The number of amides is 1. The average Bonchev–Trinajstić information content (AvgIpc) is 3.10. The van der Waals surface area contributed by atoms with Crippen molar-refractivity contribution in [2.24, 2.45) is 0 Å². The van der Waals surface area contributed by atoms with Crippen LogP contribution in [-0.2, 0) is 0 Å². The highest BCUT2D eigenvalue weighted by atomic mass is 32.1. The van der Waals surface area contributed by atoms with Crippen LogP contribution in [0.15, 0.2) is 30.3 Å².